The molecule has 0 aromatic carbocycles. The van der Waals surface area contributed by atoms with E-state index in [0.29, 0.717) is 12.3 Å². The molecule has 0 aliphatic carbocycles. The molecule has 90 valence electrons. The predicted molar refractivity (Wildman–Crippen MR) is 60.5 cm³/mol. The smallest absolute Gasteiger partial charge is 0.286 e. The highest BCUT2D eigenvalue weighted by atomic mass is 16.3. The molecule has 0 saturated carbocycles. The minimum atomic E-state index is -0.185. The molecule has 0 atom stereocenters. The maximum absolute atomic E-state index is 11.6. The van der Waals surface area contributed by atoms with Gasteiger partial charge in [0.15, 0.2) is 5.76 Å². The van der Waals surface area contributed by atoms with Crippen LogP contribution in [0.2, 0.25) is 0 Å². The molecule has 0 unspecified atom stereocenters. The van der Waals surface area contributed by atoms with Crippen molar-refractivity contribution in [3.63, 3.8) is 0 Å². The highest BCUT2D eigenvalue weighted by Gasteiger charge is 2.08. The number of furan rings is 1. The zero-order valence-corrected chi connectivity index (χ0v) is 9.56. The minimum Gasteiger partial charge on any atom is -0.456 e. The number of nitrogens with zero attached hydrogens (tertiary/aromatic N) is 2. The van der Waals surface area contributed by atoms with Crippen molar-refractivity contribution in [1.29, 1.82) is 0 Å². The van der Waals surface area contributed by atoms with Gasteiger partial charge in [-0.3, -0.25) is 9.89 Å². The van der Waals surface area contributed by atoms with Crippen LogP contribution in [-0.2, 0) is 6.42 Å². The molecular weight excluding hydrogens is 220 g/mol. The van der Waals surface area contributed by atoms with Gasteiger partial charge in [-0.25, -0.2) is 4.98 Å². The molecule has 6 nitrogen and oxygen atoms in total. The third kappa shape index (κ3) is 3.17. The highest BCUT2D eigenvalue weighted by molar-refractivity contribution is 5.91. The number of carbonyl (C=O) groups is 1. The van der Waals surface area contributed by atoms with Crippen LogP contribution in [0.15, 0.2) is 22.9 Å². The average Bonchev–Trinajstić information content (AvgIpc) is 2.95. The molecule has 0 bridgehead atoms. The van der Waals surface area contributed by atoms with Gasteiger partial charge in [-0.05, 0) is 25.5 Å². The number of aromatic amines is 1. The maximum atomic E-state index is 11.6. The van der Waals surface area contributed by atoms with Crippen molar-refractivity contribution in [2.24, 2.45) is 0 Å². The summed E-state index contributed by atoms with van der Waals surface area (Å²) in [6.45, 7) is 2.39. The number of rotatable bonds is 5. The molecule has 2 N–H and O–H groups in total. The monoisotopic (exact) mass is 234 g/mol. The van der Waals surface area contributed by atoms with Gasteiger partial charge < -0.3 is 9.73 Å². The Morgan fingerprint density at radius 3 is 3.06 bits per heavy atom. The lowest BCUT2D eigenvalue weighted by molar-refractivity contribution is 0.0924. The Hall–Kier alpha value is -2.11. The number of aryl methyl sites for hydroxylation is 2. The second-order valence-corrected chi connectivity index (χ2v) is 3.70. The van der Waals surface area contributed by atoms with Crippen molar-refractivity contribution in [2.45, 2.75) is 19.8 Å². The number of amides is 1. The Balaban J connectivity index is 1.70. The largest absolute Gasteiger partial charge is 0.456 e. The van der Waals surface area contributed by atoms with Gasteiger partial charge in [0.2, 0.25) is 0 Å². The average molecular weight is 234 g/mol. The van der Waals surface area contributed by atoms with Crippen LogP contribution in [0, 0.1) is 6.92 Å². The van der Waals surface area contributed by atoms with E-state index in [1.165, 1.54) is 6.33 Å². The number of carbonyl (C=O) groups excluding carboxylic acids is 1. The first-order valence-electron chi connectivity index (χ1n) is 5.44. The van der Waals surface area contributed by atoms with Crippen LogP contribution >= 0.6 is 0 Å². The lowest BCUT2D eigenvalue weighted by atomic mass is 10.3. The summed E-state index contributed by atoms with van der Waals surface area (Å²) in [4.78, 5) is 15.6. The lowest BCUT2D eigenvalue weighted by Crippen LogP contribution is -2.24. The number of hydrogen-bond acceptors (Lipinski definition) is 4. The van der Waals surface area contributed by atoms with E-state index >= 15 is 0 Å². The Kier molecular flexibility index (Phi) is 3.54. The van der Waals surface area contributed by atoms with Crippen LogP contribution in [0.4, 0.5) is 0 Å². The molecule has 1 amide bonds. The zero-order chi connectivity index (χ0) is 12.1. The molecule has 6 heteroatoms. The molecule has 2 heterocycles. The van der Waals surface area contributed by atoms with Crippen LogP contribution in [0.3, 0.4) is 0 Å². The molecule has 0 saturated heterocycles. The van der Waals surface area contributed by atoms with E-state index in [2.05, 4.69) is 20.5 Å². The molecule has 2 aromatic rings. The summed E-state index contributed by atoms with van der Waals surface area (Å²) in [5.74, 6) is 1.72. The summed E-state index contributed by atoms with van der Waals surface area (Å²) >= 11 is 0. The SMILES string of the molecule is Cc1ccc(C(=O)NCCCc2ncn[nH]2)o1. The first-order valence-corrected chi connectivity index (χ1v) is 5.44. The van der Waals surface area contributed by atoms with Gasteiger partial charge in [0.1, 0.15) is 17.9 Å². The molecule has 0 spiro atoms. The summed E-state index contributed by atoms with van der Waals surface area (Å²) in [6, 6.07) is 3.44. The maximum Gasteiger partial charge on any atom is 0.286 e. The van der Waals surface area contributed by atoms with Crippen molar-refractivity contribution >= 4 is 5.91 Å². The number of hydrogen-bond donors (Lipinski definition) is 2. The van der Waals surface area contributed by atoms with Crippen LogP contribution < -0.4 is 5.32 Å². The van der Waals surface area contributed by atoms with E-state index in [4.69, 9.17) is 4.42 Å². The van der Waals surface area contributed by atoms with Gasteiger partial charge >= 0.3 is 0 Å². The summed E-state index contributed by atoms with van der Waals surface area (Å²) in [6.07, 6.45) is 3.04. The first kappa shape index (κ1) is 11.4. The summed E-state index contributed by atoms with van der Waals surface area (Å²) in [7, 11) is 0. The zero-order valence-electron chi connectivity index (χ0n) is 9.56. The normalized spacial score (nSPS) is 10.4. The van der Waals surface area contributed by atoms with Crippen LogP contribution in [-0.4, -0.2) is 27.6 Å². The Morgan fingerprint density at radius 1 is 1.53 bits per heavy atom. The molecule has 0 aliphatic heterocycles. The van der Waals surface area contributed by atoms with Crippen molar-refractivity contribution in [2.75, 3.05) is 6.54 Å². The van der Waals surface area contributed by atoms with Gasteiger partial charge in [-0.15, -0.1) is 0 Å². The van der Waals surface area contributed by atoms with Crippen molar-refractivity contribution in [3.05, 3.63) is 35.8 Å². The third-order valence-corrected chi connectivity index (χ3v) is 2.30. The van der Waals surface area contributed by atoms with E-state index in [1.54, 1.807) is 19.1 Å². The molecule has 2 rings (SSSR count). The third-order valence-electron chi connectivity index (χ3n) is 2.30. The first-order chi connectivity index (χ1) is 8.25. The summed E-state index contributed by atoms with van der Waals surface area (Å²) < 4.78 is 5.21. The van der Waals surface area contributed by atoms with E-state index in [0.717, 1.165) is 24.4 Å². The lowest BCUT2D eigenvalue weighted by Gasteiger charge is -2.01. The molecule has 0 aliphatic rings. The molecule has 2 aromatic heterocycles. The molecule has 0 radical (unpaired) electrons. The second kappa shape index (κ2) is 5.29. The van der Waals surface area contributed by atoms with E-state index in [9.17, 15) is 4.79 Å². The quantitative estimate of drug-likeness (QED) is 0.758. The van der Waals surface area contributed by atoms with Gasteiger partial charge in [-0.2, -0.15) is 5.10 Å². The standard InChI is InChI=1S/C11H14N4O2/c1-8-4-5-9(17-8)11(16)12-6-2-3-10-13-7-14-15-10/h4-5,7H,2-3,6H2,1H3,(H,12,16)(H,13,14,15). The summed E-state index contributed by atoms with van der Waals surface area (Å²) in [5, 5.41) is 9.30. The van der Waals surface area contributed by atoms with E-state index in [-0.39, 0.29) is 5.91 Å². The van der Waals surface area contributed by atoms with E-state index in [1.807, 2.05) is 0 Å². The fourth-order valence-corrected chi connectivity index (χ4v) is 1.45. The van der Waals surface area contributed by atoms with Gasteiger partial charge in [0, 0.05) is 13.0 Å². The van der Waals surface area contributed by atoms with Crippen LogP contribution in [0.5, 0.6) is 0 Å². The van der Waals surface area contributed by atoms with Crippen molar-refractivity contribution in [3.8, 4) is 0 Å². The fourth-order valence-electron chi connectivity index (χ4n) is 1.45. The molecule has 0 fully saturated rings. The Labute approximate surface area is 98.4 Å². The second-order valence-electron chi connectivity index (χ2n) is 3.70. The van der Waals surface area contributed by atoms with Gasteiger partial charge in [0.25, 0.3) is 5.91 Å². The number of aromatic nitrogens is 3. The van der Waals surface area contributed by atoms with Crippen LogP contribution in [0.25, 0.3) is 0 Å². The van der Waals surface area contributed by atoms with Gasteiger partial charge in [0.05, 0.1) is 0 Å². The number of H-pyrrole nitrogens is 1. The van der Waals surface area contributed by atoms with Crippen molar-refractivity contribution < 1.29 is 9.21 Å². The number of nitrogens with one attached hydrogen (secondary N) is 2. The highest BCUT2D eigenvalue weighted by Crippen LogP contribution is 2.05. The summed E-state index contributed by atoms with van der Waals surface area (Å²) in [5.41, 5.74) is 0. The molecular formula is C11H14N4O2. The topological polar surface area (TPSA) is 83.8 Å². The Morgan fingerprint density at radius 2 is 2.41 bits per heavy atom. The van der Waals surface area contributed by atoms with Crippen LogP contribution in [0.1, 0.15) is 28.6 Å². The predicted octanol–water partition coefficient (Wildman–Crippen LogP) is 1.07. The Bertz CT molecular complexity index is 475. The van der Waals surface area contributed by atoms with Crippen molar-refractivity contribution in [1.82, 2.24) is 20.5 Å². The fraction of sp³-hybridized carbons (Fsp3) is 0.364. The molecule has 17 heavy (non-hydrogen) atoms. The minimum absolute atomic E-state index is 0.185. The van der Waals surface area contributed by atoms with E-state index < -0.39 is 0 Å². The van der Waals surface area contributed by atoms with Gasteiger partial charge in [-0.1, -0.05) is 0 Å².